The van der Waals surface area contributed by atoms with Crippen LogP contribution in [0.15, 0.2) is 47.8 Å². The molecule has 134 valence electrons. The number of amides is 1. The molecule has 1 amide bonds. The number of nitrogens with one attached hydrogen (secondary N) is 1. The number of carbonyl (C=O) groups excluding carboxylic acids is 1. The molecule has 1 N–H and O–H groups in total. The van der Waals surface area contributed by atoms with Gasteiger partial charge in [0.25, 0.3) is 5.91 Å². The van der Waals surface area contributed by atoms with Crippen LogP contribution in [0, 0.1) is 27.7 Å². The third-order valence-electron chi connectivity index (χ3n) is 4.23. The number of benzene rings is 2. The van der Waals surface area contributed by atoms with Gasteiger partial charge in [0, 0.05) is 11.3 Å². The van der Waals surface area contributed by atoms with E-state index in [2.05, 4.69) is 24.4 Å². The van der Waals surface area contributed by atoms with Crippen molar-refractivity contribution in [1.29, 1.82) is 0 Å². The molecule has 3 aromatic rings. The van der Waals surface area contributed by atoms with Crippen LogP contribution in [-0.4, -0.2) is 5.91 Å². The zero-order chi connectivity index (χ0) is 18.7. The molecule has 2 aromatic carbocycles. The van der Waals surface area contributed by atoms with Crippen LogP contribution < -0.4 is 10.1 Å². The molecule has 0 atom stereocenters. The zero-order valence-electron chi connectivity index (χ0n) is 15.6. The largest absolute Gasteiger partial charge is 0.489 e. The number of rotatable bonds is 5. The molecule has 0 aliphatic carbocycles. The smallest absolute Gasteiger partial charge is 0.265 e. The van der Waals surface area contributed by atoms with Gasteiger partial charge in [-0.3, -0.25) is 4.79 Å². The molecule has 4 heteroatoms. The fraction of sp³-hybridized carbons (Fsp3) is 0.227. The summed E-state index contributed by atoms with van der Waals surface area (Å²) in [5, 5.41) is 4.96. The van der Waals surface area contributed by atoms with Gasteiger partial charge in [0.2, 0.25) is 0 Å². The van der Waals surface area contributed by atoms with E-state index in [9.17, 15) is 4.79 Å². The normalized spacial score (nSPS) is 10.6. The fourth-order valence-electron chi connectivity index (χ4n) is 2.83. The summed E-state index contributed by atoms with van der Waals surface area (Å²) in [5.41, 5.74) is 6.43. The van der Waals surface area contributed by atoms with E-state index < -0.39 is 0 Å². The molecule has 0 aliphatic rings. The van der Waals surface area contributed by atoms with Crippen LogP contribution in [0.2, 0.25) is 0 Å². The summed E-state index contributed by atoms with van der Waals surface area (Å²) in [6.07, 6.45) is 0. The number of anilines is 1. The molecule has 0 radical (unpaired) electrons. The van der Waals surface area contributed by atoms with Crippen LogP contribution in [0.5, 0.6) is 5.75 Å². The number of hydrogen-bond acceptors (Lipinski definition) is 3. The molecule has 0 saturated carbocycles. The maximum atomic E-state index is 12.5. The monoisotopic (exact) mass is 365 g/mol. The first-order valence-corrected chi connectivity index (χ1v) is 9.46. The lowest BCUT2D eigenvalue weighted by molar-refractivity contribution is 0.103. The maximum Gasteiger partial charge on any atom is 0.265 e. The van der Waals surface area contributed by atoms with Gasteiger partial charge < -0.3 is 10.1 Å². The predicted molar refractivity (Wildman–Crippen MR) is 108 cm³/mol. The summed E-state index contributed by atoms with van der Waals surface area (Å²) in [6, 6.07) is 14.0. The number of thiophene rings is 1. The quantitative estimate of drug-likeness (QED) is 0.619. The molecule has 3 rings (SSSR count). The van der Waals surface area contributed by atoms with Crippen molar-refractivity contribution in [2.24, 2.45) is 0 Å². The molecular formula is C22H23NO2S. The van der Waals surface area contributed by atoms with Gasteiger partial charge in [-0.05, 0) is 62.4 Å². The first kappa shape index (κ1) is 18.2. The molecule has 0 unspecified atom stereocenters. The molecule has 0 fully saturated rings. The van der Waals surface area contributed by atoms with Crippen LogP contribution in [0.1, 0.15) is 37.5 Å². The predicted octanol–water partition coefficient (Wildman–Crippen LogP) is 5.81. The Bertz CT molecular complexity index is 943. The van der Waals surface area contributed by atoms with Crippen molar-refractivity contribution in [2.75, 3.05) is 5.32 Å². The molecule has 0 spiro atoms. The molecule has 26 heavy (non-hydrogen) atoms. The van der Waals surface area contributed by atoms with Gasteiger partial charge in [-0.15, -0.1) is 11.3 Å². The van der Waals surface area contributed by atoms with Crippen molar-refractivity contribution < 1.29 is 9.53 Å². The van der Waals surface area contributed by atoms with E-state index in [0.29, 0.717) is 11.5 Å². The van der Waals surface area contributed by atoms with E-state index in [1.807, 2.05) is 56.5 Å². The fourth-order valence-corrected chi connectivity index (χ4v) is 3.62. The van der Waals surface area contributed by atoms with Gasteiger partial charge in [0.05, 0.1) is 4.88 Å². The molecule has 1 aromatic heterocycles. The van der Waals surface area contributed by atoms with Crippen LogP contribution in [0.25, 0.3) is 0 Å². The summed E-state index contributed by atoms with van der Waals surface area (Å²) in [4.78, 5) is 13.2. The summed E-state index contributed by atoms with van der Waals surface area (Å²) >= 11 is 1.44. The van der Waals surface area contributed by atoms with Crippen molar-refractivity contribution in [1.82, 2.24) is 0 Å². The molecule has 3 nitrogen and oxygen atoms in total. The van der Waals surface area contributed by atoms with Crippen molar-refractivity contribution in [3.63, 3.8) is 0 Å². The number of hydrogen-bond donors (Lipinski definition) is 1. The lowest BCUT2D eigenvalue weighted by Gasteiger charge is -2.09. The lowest BCUT2D eigenvalue weighted by Crippen LogP contribution is -2.11. The Morgan fingerprint density at radius 2 is 1.65 bits per heavy atom. The Balaban J connectivity index is 1.64. The van der Waals surface area contributed by atoms with Gasteiger partial charge >= 0.3 is 0 Å². The molecule has 0 aliphatic heterocycles. The SMILES string of the molecule is Cc1ccc(NC(=O)c2cc(COc3ccc(C)cc3C)cs2)c(C)c1. The highest BCUT2D eigenvalue weighted by Crippen LogP contribution is 2.23. The van der Waals surface area contributed by atoms with E-state index in [-0.39, 0.29) is 5.91 Å². The zero-order valence-corrected chi connectivity index (χ0v) is 16.4. The minimum atomic E-state index is -0.0836. The van der Waals surface area contributed by atoms with Crippen molar-refractivity contribution in [3.05, 3.63) is 80.5 Å². The molecule has 0 saturated heterocycles. The number of ether oxygens (including phenoxy) is 1. The Kier molecular flexibility index (Phi) is 5.43. The summed E-state index contributed by atoms with van der Waals surface area (Å²) in [6.45, 7) is 8.60. The van der Waals surface area contributed by atoms with E-state index in [0.717, 1.165) is 28.1 Å². The second-order valence-electron chi connectivity index (χ2n) is 6.65. The van der Waals surface area contributed by atoms with Crippen LogP contribution in [-0.2, 0) is 6.61 Å². The van der Waals surface area contributed by atoms with Crippen molar-refractivity contribution >= 4 is 22.9 Å². The second-order valence-corrected chi connectivity index (χ2v) is 7.56. The molecular weight excluding hydrogens is 342 g/mol. The summed E-state index contributed by atoms with van der Waals surface area (Å²) in [5.74, 6) is 0.794. The number of aryl methyl sites for hydroxylation is 4. The summed E-state index contributed by atoms with van der Waals surface area (Å²) < 4.78 is 5.90. The van der Waals surface area contributed by atoms with Gasteiger partial charge in [0.1, 0.15) is 12.4 Å². The minimum Gasteiger partial charge on any atom is -0.489 e. The Morgan fingerprint density at radius 3 is 2.35 bits per heavy atom. The average molecular weight is 365 g/mol. The average Bonchev–Trinajstić information content (AvgIpc) is 3.06. The Hall–Kier alpha value is -2.59. The van der Waals surface area contributed by atoms with Crippen molar-refractivity contribution in [2.45, 2.75) is 34.3 Å². The lowest BCUT2D eigenvalue weighted by atomic mass is 10.1. The van der Waals surface area contributed by atoms with Crippen LogP contribution >= 0.6 is 11.3 Å². The first-order chi connectivity index (χ1) is 12.4. The van der Waals surface area contributed by atoms with Gasteiger partial charge in [-0.25, -0.2) is 0 Å². The highest BCUT2D eigenvalue weighted by molar-refractivity contribution is 7.12. The van der Waals surface area contributed by atoms with E-state index in [1.54, 1.807) is 0 Å². The van der Waals surface area contributed by atoms with Crippen LogP contribution in [0.4, 0.5) is 5.69 Å². The number of carbonyl (C=O) groups is 1. The van der Waals surface area contributed by atoms with Gasteiger partial charge in [-0.2, -0.15) is 0 Å². The third-order valence-corrected chi connectivity index (χ3v) is 5.21. The van der Waals surface area contributed by atoms with Crippen LogP contribution in [0.3, 0.4) is 0 Å². The highest BCUT2D eigenvalue weighted by Gasteiger charge is 2.11. The van der Waals surface area contributed by atoms with Crippen molar-refractivity contribution in [3.8, 4) is 5.75 Å². The van der Waals surface area contributed by atoms with E-state index in [4.69, 9.17) is 4.74 Å². The maximum absolute atomic E-state index is 12.5. The van der Waals surface area contributed by atoms with E-state index in [1.165, 1.54) is 22.5 Å². The molecule has 0 bridgehead atoms. The summed E-state index contributed by atoms with van der Waals surface area (Å²) in [7, 11) is 0. The Morgan fingerprint density at radius 1 is 0.962 bits per heavy atom. The second kappa shape index (κ2) is 7.75. The van der Waals surface area contributed by atoms with Gasteiger partial charge in [-0.1, -0.05) is 35.4 Å². The first-order valence-electron chi connectivity index (χ1n) is 8.58. The van der Waals surface area contributed by atoms with E-state index >= 15 is 0 Å². The molecule has 1 heterocycles. The standard InChI is InChI=1S/C22H23NO2S/c1-14-5-7-19(16(3)9-14)23-22(24)21-11-18(13-26-21)12-25-20-8-6-15(2)10-17(20)4/h5-11,13H,12H2,1-4H3,(H,23,24). The highest BCUT2D eigenvalue weighted by atomic mass is 32.1. The minimum absolute atomic E-state index is 0.0836. The Labute approximate surface area is 158 Å². The third kappa shape index (κ3) is 4.33. The topological polar surface area (TPSA) is 38.3 Å². The van der Waals surface area contributed by atoms with Gasteiger partial charge in [0.15, 0.2) is 0 Å².